The normalized spacial score (nSPS) is 9.88. The third kappa shape index (κ3) is 3.71. The number of nitrogens with zero attached hydrogens (tertiary/aromatic N) is 1. The Bertz CT molecular complexity index is 112. The zero-order valence-corrected chi connectivity index (χ0v) is 5.72. The molecule has 0 unspecified atom stereocenters. The van der Waals surface area contributed by atoms with Crippen LogP contribution in [0, 0.1) is 0 Å². The minimum atomic E-state index is -1.08. The molecule has 0 bridgehead atoms. The summed E-state index contributed by atoms with van der Waals surface area (Å²) in [4.78, 5) is 9.72. The van der Waals surface area contributed by atoms with Crippen molar-refractivity contribution in [1.29, 1.82) is 0 Å². The molecule has 0 aliphatic rings. The Balaban J connectivity index is 0. The number of carboxylic acids is 1. The first kappa shape index (κ1) is 10.5. The second kappa shape index (κ2) is 4.68. The summed E-state index contributed by atoms with van der Waals surface area (Å²) in [7, 11) is 0. The van der Waals surface area contributed by atoms with Crippen LogP contribution in [-0.2, 0) is 23.4 Å². The van der Waals surface area contributed by atoms with Crippen LogP contribution in [0.2, 0.25) is 0 Å². The van der Waals surface area contributed by atoms with Crippen molar-refractivity contribution in [3.8, 4) is 0 Å². The van der Waals surface area contributed by atoms with E-state index in [-0.39, 0.29) is 24.3 Å². The summed E-state index contributed by atoms with van der Waals surface area (Å²) in [6, 6.07) is 0. The summed E-state index contributed by atoms with van der Waals surface area (Å²) in [5.41, 5.74) is -0.0833. The molecule has 1 radical (unpaired) electrons. The van der Waals surface area contributed by atoms with E-state index in [2.05, 4.69) is 10.9 Å². The maximum Gasteiger partial charge on any atom is 0.351 e. The summed E-state index contributed by atoms with van der Waals surface area (Å²) < 4.78 is 0. The molecule has 0 heterocycles. The van der Waals surface area contributed by atoms with Crippen LogP contribution in [0.25, 0.3) is 0 Å². The van der Waals surface area contributed by atoms with Gasteiger partial charge in [0.1, 0.15) is 5.71 Å². The third-order valence-electron chi connectivity index (χ3n) is 0.503. The third-order valence-corrected chi connectivity index (χ3v) is 0.503. The zero-order chi connectivity index (χ0) is 5.86. The largest absolute Gasteiger partial charge is 0.477 e. The van der Waals surface area contributed by atoms with E-state index in [1.165, 1.54) is 6.92 Å². The molecule has 0 saturated carbocycles. The van der Waals surface area contributed by atoms with Crippen molar-refractivity contribution >= 4 is 11.7 Å². The first-order chi connectivity index (χ1) is 3.18. The van der Waals surface area contributed by atoms with Gasteiger partial charge < -0.3 is 10.9 Å². The molecule has 0 aliphatic heterocycles. The molecule has 0 aromatic carbocycles. The molecular weight excluding hydrogens is 147 g/mol. The van der Waals surface area contributed by atoms with Gasteiger partial charge in [-0.05, 0) is 6.92 Å². The predicted octanol–water partition coefficient (Wildman–Crippen LogP) is -0.597. The van der Waals surface area contributed by atoms with Crippen LogP contribution in [0.3, 0.4) is 0 Å². The van der Waals surface area contributed by atoms with Gasteiger partial charge in [0.25, 0.3) is 0 Å². The second-order valence-corrected chi connectivity index (χ2v) is 1.02. The molecule has 5 heteroatoms. The van der Waals surface area contributed by atoms with Crippen molar-refractivity contribution in [2.24, 2.45) is 10.9 Å². The fourth-order valence-corrected chi connectivity index (χ4v) is 0.0552. The summed E-state index contributed by atoms with van der Waals surface area (Å²) in [6.45, 7) is 1.32. The van der Waals surface area contributed by atoms with Crippen LogP contribution in [-0.4, -0.2) is 16.8 Å². The monoisotopic (exact) mass is 153 g/mol. The van der Waals surface area contributed by atoms with Gasteiger partial charge in [0.2, 0.25) is 0 Å². The molecule has 0 rings (SSSR count). The van der Waals surface area contributed by atoms with Crippen LogP contribution in [0.4, 0.5) is 0 Å². The molecule has 0 aromatic heterocycles. The van der Waals surface area contributed by atoms with Gasteiger partial charge in [0.05, 0.1) is 0 Å². The Morgan fingerprint density at radius 1 is 1.75 bits per heavy atom. The average molecular weight is 153 g/mol. The van der Waals surface area contributed by atoms with Gasteiger partial charge in [-0.25, -0.2) is 4.79 Å². The molecule has 0 spiro atoms. The molecule has 3 N–H and O–H groups in total. The fourth-order valence-electron chi connectivity index (χ4n) is 0.0552. The number of nitrogens with two attached hydrogens (primary N) is 1. The van der Waals surface area contributed by atoms with Gasteiger partial charge in [-0.15, -0.1) is 0 Å². The molecule has 8 heavy (non-hydrogen) atoms. The number of carboxylic acid groups (broad SMARTS) is 1. The van der Waals surface area contributed by atoms with Crippen molar-refractivity contribution < 1.29 is 28.5 Å². The van der Waals surface area contributed by atoms with Crippen molar-refractivity contribution in [2.45, 2.75) is 6.92 Å². The Hall–Kier alpha value is -0.476. The molecular formula is C3H6N2O2V. The molecule has 0 atom stereocenters. The second-order valence-electron chi connectivity index (χ2n) is 1.02. The van der Waals surface area contributed by atoms with E-state index < -0.39 is 5.97 Å². The quantitative estimate of drug-likeness (QED) is 0.300. The van der Waals surface area contributed by atoms with E-state index in [0.29, 0.717) is 0 Å². The van der Waals surface area contributed by atoms with E-state index in [1.807, 2.05) is 0 Å². The number of hydrazone groups is 1. The topological polar surface area (TPSA) is 75.7 Å². The predicted molar refractivity (Wildman–Crippen MR) is 24.9 cm³/mol. The van der Waals surface area contributed by atoms with Crippen molar-refractivity contribution in [1.82, 2.24) is 0 Å². The molecule has 0 saturated heterocycles. The van der Waals surface area contributed by atoms with Crippen LogP contribution in [0.5, 0.6) is 0 Å². The van der Waals surface area contributed by atoms with Crippen molar-refractivity contribution in [2.75, 3.05) is 0 Å². The zero-order valence-electron chi connectivity index (χ0n) is 4.33. The van der Waals surface area contributed by atoms with E-state index in [1.54, 1.807) is 0 Å². The van der Waals surface area contributed by atoms with Gasteiger partial charge in [-0.2, -0.15) is 5.10 Å². The number of hydrogen-bond donors (Lipinski definition) is 2. The van der Waals surface area contributed by atoms with Gasteiger partial charge >= 0.3 is 5.97 Å². The Labute approximate surface area is 58.6 Å². The molecule has 0 amide bonds. The summed E-state index contributed by atoms with van der Waals surface area (Å²) in [5.74, 6) is 3.50. The maximum absolute atomic E-state index is 9.72. The van der Waals surface area contributed by atoms with E-state index in [9.17, 15) is 4.79 Å². The Morgan fingerprint density at radius 2 is 2.12 bits per heavy atom. The number of carbonyl (C=O) groups is 1. The maximum atomic E-state index is 9.72. The van der Waals surface area contributed by atoms with Crippen LogP contribution < -0.4 is 5.84 Å². The van der Waals surface area contributed by atoms with Crippen LogP contribution in [0.1, 0.15) is 6.92 Å². The standard InChI is InChI=1S/C3H6N2O2.V/c1-2(5-4)3(6)7;/h4H2,1H3,(H,6,7);. The smallest absolute Gasteiger partial charge is 0.351 e. The van der Waals surface area contributed by atoms with Crippen LogP contribution in [0.15, 0.2) is 5.10 Å². The Kier molecular flexibility index (Phi) is 6.14. The molecule has 45 valence electrons. The van der Waals surface area contributed by atoms with Crippen LogP contribution >= 0.6 is 0 Å². The number of rotatable bonds is 1. The Morgan fingerprint density at radius 3 is 2.12 bits per heavy atom. The SMILES string of the molecule is CC(=NN)C(=O)O.[V]. The first-order valence-corrected chi connectivity index (χ1v) is 1.66. The van der Waals surface area contributed by atoms with Crippen molar-refractivity contribution in [3.63, 3.8) is 0 Å². The van der Waals surface area contributed by atoms with E-state index >= 15 is 0 Å². The van der Waals surface area contributed by atoms with Gasteiger partial charge in [0, 0.05) is 18.6 Å². The minimum absolute atomic E-state index is 0. The fraction of sp³-hybridized carbons (Fsp3) is 0.333. The summed E-state index contributed by atoms with van der Waals surface area (Å²) >= 11 is 0. The minimum Gasteiger partial charge on any atom is -0.477 e. The van der Waals surface area contributed by atoms with E-state index in [0.717, 1.165) is 0 Å². The summed E-state index contributed by atoms with van der Waals surface area (Å²) in [5, 5.41) is 10.9. The number of aliphatic carboxylic acids is 1. The summed E-state index contributed by atoms with van der Waals surface area (Å²) in [6.07, 6.45) is 0. The van der Waals surface area contributed by atoms with Gasteiger partial charge in [-0.1, -0.05) is 0 Å². The first-order valence-electron chi connectivity index (χ1n) is 1.66. The molecule has 4 nitrogen and oxygen atoms in total. The molecule has 0 fully saturated rings. The van der Waals surface area contributed by atoms with Gasteiger partial charge in [0.15, 0.2) is 0 Å². The number of hydrogen-bond acceptors (Lipinski definition) is 3. The van der Waals surface area contributed by atoms with Crippen molar-refractivity contribution in [3.05, 3.63) is 0 Å². The van der Waals surface area contributed by atoms with E-state index in [4.69, 9.17) is 5.11 Å². The molecule has 0 aromatic rings. The average Bonchev–Trinajstić information content (AvgIpc) is 1.65. The molecule has 0 aliphatic carbocycles. The van der Waals surface area contributed by atoms with Gasteiger partial charge in [-0.3, -0.25) is 0 Å².